The number of rotatable bonds is 4. The average Bonchev–Trinajstić information content (AvgIpc) is 2.81. The minimum atomic E-state index is -0.0180. The van der Waals surface area contributed by atoms with Gasteiger partial charge in [-0.3, -0.25) is 4.79 Å². The van der Waals surface area contributed by atoms with Crippen LogP contribution in [-0.4, -0.2) is 36.6 Å². The normalized spacial score (nSPS) is 21.5. The number of piperidine rings is 1. The lowest BCUT2D eigenvalue weighted by Gasteiger charge is -2.22. The molecule has 1 aliphatic rings. The average molecular weight is 226 g/mol. The van der Waals surface area contributed by atoms with E-state index in [-0.39, 0.29) is 18.5 Å². The molecule has 2 heterocycles. The van der Waals surface area contributed by atoms with Gasteiger partial charge in [-0.25, -0.2) is 4.98 Å². The fourth-order valence-electron chi connectivity index (χ4n) is 1.58. The van der Waals surface area contributed by atoms with Crippen molar-refractivity contribution in [1.82, 2.24) is 10.3 Å². The molecule has 2 rings (SSSR count). The topological polar surface area (TPSA) is 51.2 Å². The summed E-state index contributed by atoms with van der Waals surface area (Å²) in [6.45, 7) is 2.06. The molecule has 82 valence electrons. The summed E-state index contributed by atoms with van der Waals surface area (Å²) < 4.78 is 5.52. The van der Waals surface area contributed by atoms with Gasteiger partial charge in [0.15, 0.2) is 5.01 Å². The molecule has 1 N–H and O–H groups in total. The highest BCUT2D eigenvalue weighted by Crippen LogP contribution is 2.09. The molecule has 0 bridgehead atoms. The number of nitrogens with one attached hydrogen (secondary N) is 1. The maximum atomic E-state index is 11.6. The molecular formula is C10H14N2O2S. The van der Waals surface area contributed by atoms with Gasteiger partial charge >= 0.3 is 0 Å². The molecule has 0 spiro atoms. The van der Waals surface area contributed by atoms with E-state index < -0.39 is 0 Å². The third-order valence-electron chi connectivity index (χ3n) is 2.37. The molecule has 0 amide bonds. The van der Waals surface area contributed by atoms with Gasteiger partial charge in [0.1, 0.15) is 6.61 Å². The highest BCUT2D eigenvalue weighted by atomic mass is 32.1. The van der Waals surface area contributed by atoms with Gasteiger partial charge in [-0.15, -0.1) is 11.3 Å². The Labute approximate surface area is 92.7 Å². The number of carbonyl (C=O) groups is 1. The summed E-state index contributed by atoms with van der Waals surface area (Å²) in [5.74, 6) is -0.0180. The predicted molar refractivity (Wildman–Crippen MR) is 58.3 cm³/mol. The van der Waals surface area contributed by atoms with Crippen molar-refractivity contribution < 1.29 is 9.53 Å². The molecule has 1 saturated heterocycles. The van der Waals surface area contributed by atoms with E-state index in [1.165, 1.54) is 11.3 Å². The van der Waals surface area contributed by atoms with E-state index in [0.717, 1.165) is 25.9 Å². The monoisotopic (exact) mass is 226 g/mol. The number of ketones is 1. The molecule has 0 aromatic carbocycles. The van der Waals surface area contributed by atoms with E-state index in [4.69, 9.17) is 4.74 Å². The van der Waals surface area contributed by atoms with E-state index in [9.17, 15) is 4.79 Å². The van der Waals surface area contributed by atoms with Crippen molar-refractivity contribution in [2.24, 2.45) is 0 Å². The van der Waals surface area contributed by atoms with E-state index in [2.05, 4.69) is 10.3 Å². The Bertz CT molecular complexity index is 307. The molecule has 1 aromatic rings. The third kappa shape index (κ3) is 3.09. The largest absolute Gasteiger partial charge is 0.369 e. The molecule has 0 saturated carbocycles. The highest BCUT2D eigenvalue weighted by molar-refractivity contribution is 7.11. The van der Waals surface area contributed by atoms with Crippen LogP contribution in [0.3, 0.4) is 0 Å². The van der Waals surface area contributed by atoms with Crippen LogP contribution < -0.4 is 5.32 Å². The molecular weight excluding hydrogens is 212 g/mol. The molecule has 5 heteroatoms. The lowest BCUT2D eigenvalue weighted by Crippen LogP contribution is -2.36. The molecule has 0 aliphatic carbocycles. The molecule has 4 nitrogen and oxygen atoms in total. The van der Waals surface area contributed by atoms with Gasteiger partial charge in [-0.1, -0.05) is 0 Å². The number of thiazole rings is 1. The number of aromatic nitrogens is 1. The second kappa shape index (κ2) is 5.34. The van der Waals surface area contributed by atoms with Crippen LogP contribution >= 0.6 is 11.3 Å². The molecule has 0 unspecified atom stereocenters. The smallest absolute Gasteiger partial charge is 0.216 e. The van der Waals surface area contributed by atoms with Gasteiger partial charge in [-0.2, -0.15) is 0 Å². The fourth-order valence-corrected chi connectivity index (χ4v) is 2.14. The zero-order chi connectivity index (χ0) is 10.5. The third-order valence-corrected chi connectivity index (χ3v) is 3.19. The lowest BCUT2D eigenvalue weighted by atomic mass is 10.1. The Balaban J connectivity index is 1.75. The van der Waals surface area contributed by atoms with E-state index in [1.54, 1.807) is 11.6 Å². The standard InChI is InChI=1S/C10H14N2O2S/c13-9(10-12-4-5-15-10)7-14-8-2-1-3-11-6-8/h4-5,8,11H,1-3,6-7H2/t8-/m1/s1. The summed E-state index contributed by atoms with van der Waals surface area (Å²) in [6, 6.07) is 0. The first kappa shape index (κ1) is 10.7. The first-order chi connectivity index (χ1) is 7.36. The second-order valence-corrected chi connectivity index (χ2v) is 4.43. The molecule has 1 aliphatic heterocycles. The minimum absolute atomic E-state index is 0.0180. The van der Waals surface area contributed by atoms with Crippen molar-refractivity contribution in [3.05, 3.63) is 16.6 Å². The summed E-state index contributed by atoms with van der Waals surface area (Å²) in [6.07, 6.45) is 3.98. The van der Waals surface area contributed by atoms with Crippen LogP contribution in [0.5, 0.6) is 0 Å². The number of nitrogens with zero attached hydrogens (tertiary/aromatic N) is 1. The van der Waals surface area contributed by atoms with Crippen LogP contribution in [0.1, 0.15) is 22.6 Å². The number of carbonyl (C=O) groups excluding carboxylic acids is 1. The second-order valence-electron chi connectivity index (χ2n) is 3.54. The van der Waals surface area contributed by atoms with Crippen molar-refractivity contribution in [2.45, 2.75) is 18.9 Å². The zero-order valence-corrected chi connectivity index (χ0v) is 9.26. The Morgan fingerprint density at radius 1 is 1.73 bits per heavy atom. The van der Waals surface area contributed by atoms with Crippen molar-refractivity contribution in [2.75, 3.05) is 19.7 Å². The Kier molecular flexibility index (Phi) is 3.82. The van der Waals surface area contributed by atoms with E-state index >= 15 is 0 Å². The van der Waals surface area contributed by atoms with Gasteiger partial charge in [0.05, 0.1) is 6.10 Å². The maximum Gasteiger partial charge on any atom is 0.216 e. The summed E-state index contributed by atoms with van der Waals surface area (Å²) >= 11 is 1.36. The Morgan fingerprint density at radius 3 is 3.33 bits per heavy atom. The Morgan fingerprint density at radius 2 is 2.67 bits per heavy atom. The van der Waals surface area contributed by atoms with Crippen molar-refractivity contribution >= 4 is 17.1 Å². The fraction of sp³-hybridized carbons (Fsp3) is 0.600. The van der Waals surface area contributed by atoms with Crippen molar-refractivity contribution in [3.8, 4) is 0 Å². The number of ether oxygens (including phenoxy) is 1. The van der Waals surface area contributed by atoms with Gasteiger partial charge in [0, 0.05) is 18.1 Å². The van der Waals surface area contributed by atoms with Gasteiger partial charge in [0.2, 0.25) is 5.78 Å². The predicted octanol–water partition coefficient (Wildman–Crippen LogP) is 1.09. The SMILES string of the molecule is O=C(CO[C@@H]1CCCNC1)c1nccs1. The minimum Gasteiger partial charge on any atom is -0.369 e. The maximum absolute atomic E-state index is 11.6. The first-order valence-electron chi connectivity index (χ1n) is 5.11. The molecule has 1 atom stereocenters. The van der Waals surface area contributed by atoms with Crippen LogP contribution in [0.4, 0.5) is 0 Å². The first-order valence-corrected chi connectivity index (χ1v) is 5.99. The molecule has 1 aromatic heterocycles. The quantitative estimate of drug-likeness (QED) is 0.781. The molecule has 1 fully saturated rings. The summed E-state index contributed by atoms with van der Waals surface area (Å²) in [7, 11) is 0. The number of hydrogen-bond acceptors (Lipinski definition) is 5. The summed E-state index contributed by atoms with van der Waals surface area (Å²) in [4.78, 5) is 15.5. The van der Waals surface area contributed by atoms with Crippen LogP contribution in [0, 0.1) is 0 Å². The van der Waals surface area contributed by atoms with E-state index in [1.807, 2.05) is 0 Å². The number of hydrogen-bond donors (Lipinski definition) is 1. The van der Waals surface area contributed by atoms with Crippen molar-refractivity contribution in [1.29, 1.82) is 0 Å². The van der Waals surface area contributed by atoms with Crippen LogP contribution in [0.25, 0.3) is 0 Å². The molecule has 15 heavy (non-hydrogen) atoms. The van der Waals surface area contributed by atoms with Gasteiger partial charge in [0.25, 0.3) is 0 Å². The summed E-state index contributed by atoms with van der Waals surface area (Å²) in [5, 5.41) is 5.59. The highest BCUT2D eigenvalue weighted by Gasteiger charge is 2.16. The summed E-state index contributed by atoms with van der Waals surface area (Å²) in [5.41, 5.74) is 0. The van der Waals surface area contributed by atoms with E-state index in [0.29, 0.717) is 5.01 Å². The number of Topliss-reactive ketones (excluding diaryl/α,β-unsaturated/α-hetero) is 1. The lowest BCUT2D eigenvalue weighted by molar-refractivity contribution is 0.0347. The van der Waals surface area contributed by atoms with Gasteiger partial charge < -0.3 is 10.1 Å². The Hall–Kier alpha value is -0.780. The van der Waals surface area contributed by atoms with Gasteiger partial charge in [-0.05, 0) is 19.4 Å². The van der Waals surface area contributed by atoms with Crippen LogP contribution in [-0.2, 0) is 4.74 Å². The zero-order valence-electron chi connectivity index (χ0n) is 8.44. The van der Waals surface area contributed by atoms with Crippen LogP contribution in [0.15, 0.2) is 11.6 Å². The van der Waals surface area contributed by atoms with Crippen molar-refractivity contribution in [3.63, 3.8) is 0 Å². The van der Waals surface area contributed by atoms with Crippen LogP contribution in [0.2, 0.25) is 0 Å². The molecule has 0 radical (unpaired) electrons.